The number of halogens is 2. The minimum absolute atomic E-state index is 0.229. The molecule has 5 nitrogen and oxygen atoms in total. The Balaban J connectivity index is 2.05. The van der Waals surface area contributed by atoms with Crippen LogP contribution in [0, 0.1) is 18.3 Å². The molecule has 142 valence electrons. The summed E-state index contributed by atoms with van der Waals surface area (Å²) in [6.45, 7) is 1.93. The van der Waals surface area contributed by atoms with E-state index in [2.05, 4.69) is 0 Å². The van der Waals surface area contributed by atoms with E-state index in [0.717, 1.165) is 17.3 Å². The van der Waals surface area contributed by atoms with E-state index in [1.807, 2.05) is 25.1 Å². The van der Waals surface area contributed by atoms with Gasteiger partial charge in [0.15, 0.2) is 0 Å². The number of rotatable bonds is 4. The van der Waals surface area contributed by atoms with E-state index in [1.54, 1.807) is 30.3 Å². The van der Waals surface area contributed by atoms with Gasteiger partial charge in [-0.2, -0.15) is 5.26 Å². The molecule has 2 N–H and O–H groups in total. The number of nitrogens with two attached hydrogens (primary N) is 1. The number of anilines is 1. The number of primary amides is 1. The van der Waals surface area contributed by atoms with E-state index in [9.17, 15) is 14.9 Å². The molecule has 1 heterocycles. The number of thioether (sulfide) groups is 1. The molecule has 0 saturated carbocycles. The van der Waals surface area contributed by atoms with Crippen LogP contribution >= 0.6 is 35.0 Å². The number of carbonyl (C=O) groups is 2. The molecule has 8 heteroatoms. The maximum Gasteiger partial charge on any atom is 0.262 e. The monoisotopic (exact) mass is 431 g/mol. The summed E-state index contributed by atoms with van der Waals surface area (Å²) < 4.78 is 0. The summed E-state index contributed by atoms with van der Waals surface area (Å²) in [6.07, 6.45) is 0.298. The molecule has 0 spiro atoms. The average Bonchev–Trinajstić information content (AvgIpc) is 2.95. The van der Waals surface area contributed by atoms with Crippen molar-refractivity contribution in [2.45, 2.75) is 18.6 Å². The number of nitrogens with zero attached hydrogens (tertiary/aromatic N) is 2. The third kappa shape index (κ3) is 4.02. The van der Waals surface area contributed by atoms with E-state index in [1.165, 1.54) is 4.90 Å². The number of nitriles is 1. The molecular weight excluding hydrogens is 417 g/mol. The smallest absolute Gasteiger partial charge is 0.262 e. The van der Waals surface area contributed by atoms with Crippen molar-refractivity contribution in [1.29, 1.82) is 5.26 Å². The fourth-order valence-corrected chi connectivity index (χ4v) is 4.52. The molecule has 0 aliphatic carbocycles. The highest BCUT2D eigenvalue weighted by molar-refractivity contribution is 8.05. The van der Waals surface area contributed by atoms with Crippen molar-refractivity contribution in [1.82, 2.24) is 0 Å². The molecule has 0 bridgehead atoms. The topological polar surface area (TPSA) is 87.2 Å². The Hall–Kier alpha value is -2.46. The van der Waals surface area contributed by atoms with Crippen LogP contribution in [-0.2, 0) is 16.0 Å². The van der Waals surface area contributed by atoms with E-state index in [4.69, 9.17) is 28.9 Å². The number of carbonyl (C=O) groups excluding carboxylic acids is 2. The highest BCUT2D eigenvalue weighted by atomic mass is 35.5. The van der Waals surface area contributed by atoms with Gasteiger partial charge in [-0.15, -0.1) is 0 Å². The summed E-state index contributed by atoms with van der Waals surface area (Å²) in [5.74, 6) is -1.13. The lowest BCUT2D eigenvalue weighted by Crippen LogP contribution is -2.31. The van der Waals surface area contributed by atoms with E-state index in [-0.39, 0.29) is 16.5 Å². The molecule has 1 aliphatic rings. The Morgan fingerprint density at radius 3 is 2.54 bits per heavy atom. The number of hydrogen-bond acceptors (Lipinski definition) is 4. The molecule has 0 radical (unpaired) electrons. The van der Waals surface area contributed by atoms with E-state index in [0.29, 0.717) is 27.7 Å². The van der Waals surface area contributed by atoms with Crippen LogP contribution in [0.5, 0.6) is 0 Å². The van der Waals surface area contributed by atoms with Crippen LogP contribution in [0.1, 0.15) is 11.1 Å². The van der Waals surface area contributed by atoms with Gasteiger partial charge in [0, 0.05) is 15.7 Å². The van der Waals surface area contributed by atoms with Crippen molar-refractivity contribution in [2.75, 3.05) is 4.90 Å². The van der Waals surface area contributed by atoms with Crippen molar-refractivity contribution in [3.05, 3.63) is 74.2 Å². The van der Waals surface area contributed by atoms with Gasteiger partial charge in [-0.3, -0.25) is 14.5 Å². The van der Waals surface area contributed by atoms with Crippen LogP contribution in [0.25, 0.3) is 0 Å². The Bertz CT molecular complexity index is 1030. The van der Waals surface area contributed by atoms with Gasteiger partial charge in [0.05, 0.1) is 5.25 Å². The Morgan fingerprint density at radius 1 is 1.25 bits per heavy atom. The summed E-state index contributed by atoms with van der Waals surface area (Å²) in [6, 6.07) is 14.1. The summed E-state index contributed by atoms with van der Waals surface area (Å²) >= 11 is 13.4. The zero-order valence-corrected chi connectivity index (χ0v) is 17.1. The molecule has 2 aromatic rings. The first-order chi connectivity index (χ1) is 13.3. The van der Waals surface area contributed by atoms with Crippen LogP contribution in [0.2, 0.25) is 10.0 Å². The largest absolute Gasteiger partial charge is 0.365 e. The molecule has 1 aliphatic heterocycles. The first kappa shape index (κ1) is 20.3. The maximum absolute atomic E-state index is 13.2. The van der Waals surface area contributed by atoms with Crippen LogP contribution in [0.15, 0.2) is 53.1 Å². The SMILES string of the molecule is Cc1ccc(N2C(=O)[C@H](Cc3cc(Cl)ccc3Cl)S/C2=C(/C#N)C(N)=O)cc1. The molecule has 2 aromatic carbocycles. The van der Waals surface area contributed by atoms with Crippen molar-refractivity contribution >= 4 is 52.5 Å². The maximum atomic E-state index is 13.2. The van der Waals surface area contributed by atoms with E-state index < -0.39 is 11.2 Å². The zero-order valence-electron chi connectivity index (χ0n) is 14.8. The molecule has 28 heavy (non-hydrogen) atoms. The van der Waals surface area contributed by atoms with Crippen molar-refractivity contribution < 1.29 is 9.59 Å². The number of hydrogen-bond donors (Lipinski definition) is 1. The molecular formula is C20H15Cl2N3O2S. The summed E-state index contributed by atoms with van der Waals surface area (Å²) in [7, 11) is 0. The van der Waals surface area contributed by atoms with Crippen molar-refractivity contribution in [3.8, 4) is 6.07 Å². The molecule has 1 atom stereocenters. The predicted molar refractivity (Wildman–Crippen MR) is 112 cm³/mol. The second-order valence-corrected chi connectivity index (χ2v) is 8.25. The summed E-state index contributed by atoms with van der Waals surface area (Å²) in [4.78, 5) is 26.3. The van der Waals surface area contributed by atoms with Gasteiger partial charge in [-0.25, -0.2) is 0 Å². The van der Waals surface area contributed by atoms with Gasteiger partial charge in [0.1, 0.15) is 16.7 Å². The number of amides is 2. The molecule has 0 unspecified atom stereocenters. The quantitative estimate of drug-likeness (QED) is 0.579. The Morgan fingerprint density at radius 2 is 1.93 bits per heavy atom. The average molecular weight is 432 g/mol. The van der Waals surface area contributed by atoms with E-state index >= 15 is 0 Å². The number of aryl methyl sites for hydroxylation is 1. The Kier molecular flexibility index (Phi) is 5.99. The molecule has 1 saturated heterocycles. The fraction of sp³-hybridized carbons (Fsp3) is 0.150. The van der Waals surface area contributed by atoms with Crippen LogP contribution in [0.3, 0.4) is 0 Å². The second-order valence-electron chi connectivity index (χ2n) is 6.21. The fourth-order valence-electron chi connectivity index (χ4n) is 2.83. The lowest BCUT2D eigenvalue weighted by molar-refractivity contribution is -0.117. The van der Waals surface area contributed by atoms with Crippen LogP contribution in [0.4, 0.5) is 5.69 Å². The lowest BCUT2D eigenvalue weighted by Gasteiger charge is -2.18. The molecule has 3 rings (SSSR count). The van der Waals surface area contributed by atoms with Gasteiger partial charge in [-0.1, -0.05) is 52.7 Å². The van der Waals surface area contributed by atoms with Gasteiger partial charge in [0.2, 0.25) is 5.91 Å². The van der Waals surface area contributed by atoms with Crippen LogP contribution in [-0.4, -0.2) is 17.1 Å². The minimum Gasteiger partial charge on any atom is -0.365 e. The van der Waals surface area contributed by atoms with Gasteiger partial charge >= 0.3 is 0 Å². The third-order valence-electron chi connectivity index (χ3n) is 4.23. The normalized spacial score (nSPS) is 18.1. The second kappa shape index (κ2) is 8.27. The van der Waals surface area contributed by atoms with Crippen molar-refractivity contribution in [2.24, 2.45) is 5.73 Å². The summed E-state index contributed by atoms with van der Waals surface area (Å²) in [5.41, 5.74) is 7.41. The molecule has 2 amide bonds. The van der Waals surface area contributed by atoms with Crippen LogP contribution < -0.4 is 10.6 Å². The third-order valence-corrected chi connectivity index (χ3v) is 6.10. The molecule has 0 aromatic heterocycles. The van der Waals surface area contributed by atoms with Gasteiger partial charge in [-0.05, 0) is 49.2 Å². The standard InChI is InChI=1S/C20H15Cl2N3O2S/c1-11-2-5-14(6-3-11)25-19(27)17(28-20(25)15(10-23)18(24)26)9-12-8-13(21)4-7-16(12)22/h2-8,17H,9H2,1H3,(H2,24,26)/b20-15-/t17-/m0/s1. The predicted octanol–water partition coefficient (Wildman–Crippen LogP) is 4.21. The van der Waals surface area contributed by atoms with Gasteiger partial charge < -0.3 is 5.73 Å². The zero-order chi connectivity index (χ0) is 20.4. The highest BCUT2D eigenvalue weighted by Gasteiger charge is 2.40. The lowest BCUT2D eigenvalue weighted by atomic mass is 10.1. The highest BCUT2D eigenvalue weighted by Crippen LogP contribution is 2.42. The first-order valence-electron chi connectivity index (χ1n) is 8.27. The first-order valence-corrected chi connectivity index (χ1v) is 9.90. The minimum atomic E-state index is -0.878. The Labute approximate surface area is 176 Å². The summed E-state index contributed by atoms with van der Waals surface area (Å²) in [5, 5.41) is 10.1. The van der Waals surface area contributed by atoms with Crippen molar-refractivity contribution in [3.63, 3.8) is 0 Å². The molecule has 1 fully saturated rings. The van der Waals surface area contributed by atoms with Gasteiger partial charge in [0.25, 0.3) is 5.91 Å². The number of benzene rings is 2.